The first kappa shape index (κ1) is 13.1. The minimum Gasteiger partial charge on any atom is -0.327 e. The van der Waals surface area contributed by atoms with Crippen LogP contribution in [0.25, 0.3) is 10.1 Å². The highest BCUT2D eigenvalue weighted by molar-refractivity contribution is 7.19. The van der Waals surface area contributed by atoms with Gasteiger partial charge < -0.3 is 5.73 Å². The number of nitrogens with two attached hydrogens (primary N) is 1. The van der Waals surface area contributed by atoms with Gasteiger partial charge in [-0.1, -0.05) is 25.1 Å². The normalized spacial score (nSPS) is 26.7. The van der Waals surface area contributed by atoms with Gasteiger partial charge in [0, 0.05) is 34.8 Å². The summed E-state index contributed by atoms with van der Waals surface area (Å²) in [7, 11) is 0. The Labute approximate surface area is 119 Å². The van der Waals surface area contributed by atoms with Crippen LogP contribution in [0.2, 0.25) is 0 Å². The van der Waals surface area contributed by atoms with Crippen LogP contribution in [-0.4, -0.2) is 24.0 Å². The van der Waals surface area contributed by atoms with Crippen LogP contribution in [0.3, 0.4) is 0 Å². The Kier molecular flexibility index (Phi) is 3.61. The number of fused-ring (bicyclic) bond motifs is 1. The second-order valence-corrected chi connectivity index (χ2v) is 7.03. The van der Waals surface area contributed by atoms with Crippen LogP contribution in [-0.2, 0) is 0 Å². The summed E-state index contributed by atoms with van der Waals surface area (Å²) in [5, 5.41) is 1.36. The summed E-state index contributed by atoms with van der Waals surface area (Å²) in [6, 6.07) is 11.8. The van der Waals surface area contributed by atoms with Crippen molar-refractivity contribution in [3.63, 3.8) is 0 Å². The van der Waals surface area contributed by atoms with Crippen molar-refractivity contribution in [1.82, 2.24) is 4.90 Å². The smallest absolute Gasteiger partial charge is 0.0414 e. The van der Waals surface area contributed by atoms with E-state index in [1.807, 2.05) is 11.3 Å². The van der Waals surface area contributed by atoms with Crippen LogP contribution in [0.1, 0.15) is 31.2 Å². The van der Waals surface area contributed by atoms with E-state index in [1.54, 1.807) is 0 Å². The molecule has 2 aromatic rings. The zero-order valence-corrected chi connectivity index (χ0v) is 12.5. The summed E-state index contributed by atoms with van der Waals surface area (Å²) >= 11 is 1.92. The van der Waals surface area contributed by atoms with Gasteiger partial charge in [0.2, 0.25) is 0 Å². The van der Waals surface area contributed by atoms with E-state index in [9.17, 15) is 0 Å². The monoisotopic (exact) mass is 274 g/mol. The Morgan fingerprint density at radius 3 is 2.84 bits per heavy atom. The standard InChI is InChI=1S/C16H22N2S/c1-11-7-14(17)10-18(9-11)12(2)16-8-13-5-3-4-6-15(13)19-16/h3-6,8,11-12,14H,7,9-10,17H2,1-2H3. The highest BCUT2D eigenvalue weighted by atomic mass is 32.1. The highest BCUT2D eigenvalue weighted by Crippen LogP contribution is 2.34. The zero-order chi connectivity index (χ0) is 13.4. The predicted molar refractivity (Wildman–Crippen MR) is 83.6 cm³/mol. The number of likely N-dealkylation sites (tertiary alicyclic amines) is 1. The van der Waals surface area contributed by atoms with Crippen LogP contribution < -0.4 is 5.73 Å². The van der Waals surface area contributed by atoms with Crippen molar-refractivity contribution >= 4 is 21.4 Å². The molecule has 2 nitrogen and oxygen atoms in total. The molecule has 1 fully saturated rings. The first-order valence-corrected chi connectivity index (χ1v) is 7.93. The van der Waals surface area contributed by atoms with Crippen molar-refractivity contribution in [2.75, 3.05) is 13.1 Å². The quantitative estimate of drug-likeness (QED) is 0.906. The van der Waals surface area contributed by atoms with Crippen molar-refractivity contribution in [3.05, 3.63) is 35.2 Å². The van der Waals surface area contributed by atoms with Crippen molar-refractivity contribution < 1.29 is 0 Å². The molecule has 0 radical (unpaired) electrons. The molecule has 19 heavy (non-hydrogen) atoms. The second-order valence-electron chi connectivity index (χ2n) is 5.92. The van der Waals surface area contributed by atoms with Crippen molar-refractivity contribution in [2.24, 2.45) is 11.7 Å². The number of piperidine rings is 1. The molecule has 0 aliphatic carbocycles. The Hall–Kier alpha value is -0.900. The molecule has 2 N–H and O–H groups in total. The summed E-state index contributed by atoms with van der Waals surface area (Å²) in [5.74, 6) is 0.709. The van der Waals surface area contributed by atoms with Crippen molar-refractivity contribution in [2.45, 2.75) is 32.4 Å². The Balaban J connectivity index is 1.84. The molecule has 1 aromatic heterocycles. The fourth-order valence-electron chi connectivity index (χ4n) is 3.15. The van der Waals surface area contributed by atoms with Crippen LogP contribution in [0.5, 0.6) is 0 Å². The molecule has 102 valence electrons. The van der Waals surface area contributed by atoms with Gasteiger partial charge in [-0.05, 0) is 36.8 Å². The summed E-state index contributed by atoms with van der Waals surface area (Å²) in [4.78, 5) is 4.01. The third-order valence-corrected chi connectivity index (χ3v) is 5.41. The van der Waals surface area contributed by atoms with Crippen molar-refractivity contribution in [1.29, 1.82) is 0 Å². The van der Waals surface area contributed by atoms with Gasteiger partial charge in [0.15, 0.2) is 0 Å². The van der Waals surface area contributed by atoms with E-state index in [0.717, 1.165) is 13.0 Å². The van der Waals surface area contributed by atoms with E-state index in [0.29, 0.717) is 18.0 Å². The van der Waals surface area contributed by atoms with E-state index in [2.05, 4.69) is 49.1 Å². The molecule has 3 rings (SSSR count). The first-order chi connectivity index (χ1) is 9.13. The maximum absolute atomic E-state index is 6.17. The van der Waals surface area contributed by atoms with E-state index >= 15 is 0 Å². The molecule has 2 heterocycles. The van der Waals surface area contributed by atoms with Crippen LogP contribution >= 0.6 is 11.3 Å². The zero-order valence-electron chi connectivity index (χ0n) is 11.7. The summed E-state index contributed by atoms with van der Waals surface area (Å²) in [6.45, 7) is 6.82. The van der Waals surface area contributed by atoms with Crippen LogP contribution in [0.4, 0.5) is 0 Å². The Morgan fingerprint density at radius 1 is 1.32 bits per heavy atom. The lowest BCUT2D eigenvalue weighted by Gasteiger charge is -2.38. The van der Waals surface area contributed by atoms with Gasteiger partial charge in [-0.15, -0.1) is 11.3 Å². The first-order valence-electron chi connectivity index (χ1n) is 7.11. The molecule has 1 saturated heterocycles. The van der Waals surface area contributed by atoms with Crippen LogP contribution in [0.15, 0.2) is 30.3 Å². The number of hydrogen-bond acceptors (Lipinski definition) is 3. The largest absolute Gasteiger partial charge is 0.327 e. The van der Waals surface area contributed by atoms with E-state index in [1.165, 1.54) is 21.5 Å². The lowest BCUT2D eigenvalue weighted by Crippen LogP contribution is -2.46. The second kappa shape index (κ2) is 5.23. The molecule has 0 spiro atoms. The van der Waals surface area contributed by atoms with Crippen LogP contribution in [0, 0.1) is 5.92 Å². The van der Waals surface area contributed by atoms with Gasteiger partial charge in [-0.3, -0.25) is 4.90 Å². The molecule has 0 amide bonds. The lowest BCUT2D eigenvalue weighted by molar-refractivity contribution is 0.125. The number of rotatable bonds is 2. The summed E-state index contributed by atoms with van der Waals surface area (Å²) < 4.78 is 1.39. The van der Waals surface area contributed by atoms with E-state index < -0.39 is 0 Å². The van der Waals surface area contributed by atoms with Gasteiger partial charge >= 0.3 is 0 Å². The maximum atomic E-state index is 6.17. The van der Waals surface area contributed by atoms with Gasteiger partial charge in [-0.25, -0.2) is 0 Å². The predicted octanol–water partition coefficient (Wildman–Crippen LogP) is 3.63. The summed E-state index contributed by atoms with van der Waals surface area (Å²) in [6.07, 6.45) is 1.16. The third kappa shape index (κ3) is 2.69. The molecule has 1 aromatic carbocycles. The fraction of sp³-hybridized carbons (Fsp3) is 0.500. The number of hydrogen-bond donors (Lipinski definition) is 1. The SMILES string of the molecule is CC1CC(N)CN(C(C)c2cc3ccccc3s2)C1. The Bertz CT molecular complexity index is 520. The maximum Gasteiger partial charge on any atom is 0.0414 e. The van der Waals surface area contributed by atoms with Crippen molar-refractivity contribution in [3.8, 4) is 0 Å². The molecule has 3 unspecified atom stereocenters. The average molecular weight is 274 g/mol. The molecular formula is C16H22N2S. The molecule has 3 atom stereocenters. The molecule has 0 bridgehead atoms. The van der Waals surface area contributed by atoms with Gasteiger partial charge in [0.05, 0.1) is 0 Å². The number of thiophene rings is 1. The number of benzene rings is 1. The minimum absolute atomic E-state index is 0.334. The number of nitrogens with zero attached hydrogens (tertiary/aromatic N) is 1. The van der Waals surface area contributed by atoms with E-state index in [-0.39, 0.29) is 0 Å². The fourth-order valence-corrected chi connectivity index (χ4v) is 4.30. The van der Waals surface area contributed by atoms with Gasteiger partial charge in [-0.2, -0.15) is 0 Å². The third-order valence-electron chi connectivity index (χ3n) is 4.12. The highest BCUT2D eigenvalue weighted by Gasteiger charge is 2.26. The molecular weight excluding hydrogens is 252 g/mol. The van der Waals surface area contributed by atoms with Gasteiger partial charge in [0.25, 0.3) is 0 Å². The molecule has 0 saturated carbocycles. The molecule has 1 aliphatic heterocycles. The molecule has 3 heteroatoms. The topological polar surface area (TPSA) is 29.3 Å². The lowest BCUT2D eigenvalue weighted by atomic mass is 9.95. The Morgan fingerprint density at radius 2 is 2.11 bits per heavy atom. The van der Waals surface area contributed by atoms with Gasteiger partial charge in [0.1, 0.15) is 0 Å². The summed E-state index contributed by atoms with van der Waals surface area (Å²) in [5.41, 5.74) is 6.17. The average Bonchev–Trinajstić information content (AvgIpc) is 2.80. The molecule has 1 aliphatic rings. The minimum atomic E-state index is 0.334. The van der Waals surface area contributed by atoms with E-state index in [4.69, 9.17) is 5.73 Å².